The van der Waals surface area contributed by atoms with Gasteiger partial charge in [0.15, 0.2) is 0 Å². The quantitative estimate of drug-likeness (QED) is 0.598. The number of carbonyl (C=O) groups excluding carboxylic acids is 1. The smallest absolute Gasteiger partial charge is 0.274 e. The van der Waals surface area contributed by atoms with Crippen molar-refractivity contribution in [3.05, 3.63) is 52.4 Å². The van der Waals surface area contributed by atoms with Crippen LogP contribution >= 0.6 is 15.9 Å². The van der Waals surface area contributed by atoms with E-state index >= 15 is 0 Å². The molecule has 1 amide bonds. The van der Waals surface area contributed by atoms with Crippen molar-refractivity contribution in [2.75, 3.05) is 10.7 Å². The molecule has 19 heavy (non-hydrogen) atoms. The van der Waals surface area contributed by atoms with Gasteiger partial charge in [-0.15, -0.1) is 0 Å². The molecule has 0 spiro atoms. The van der Waals surface area contributed by atoms with Crippen molar-refractivity contribution in [3.8, 4) is 0 Å². The van der Waals surface area contributed by atoms with E-state index in [0.29, 0.717) is 16.0 Å². The van der Waals surface area contributed by atoms with Gasteiger partial charge in [-0.25, -0.2) is 15.2 Å². The molecule has 0 saturated carbocycles. The predicted octanol–water partition coefficient (Wildman–Crippen LogP) is 2.52. The summed E-state index contributed by atoms with van der Waals surface area (Å²) in [5.74, 6) is 4.80. The van der Waals surface area contributed by atoms with Crippen LogP contribution in [0.5, 0.6) is 0 Å². The number of aromatic nitrogens is 1. The molecule has 0 unspecified atom stereocenters. The Bertz CT molecular complexity index is 620. The lowest BCUT2D eigenvalue weighted by molar-refractivity contribution is 0.102. The van der Waals surface area contributed by atoms with Crippen molar-refractivity contribution in [1.29, 1.82) is 0 Å². The Morgan fingerprint density at radius 3 is 2.79 bits per heavy atom. The zero-order chi connectivity index (χ0) is 13.8. The number of carbonyl (C=O) groups is 1. The summed E-state index contributed by atoms with van der Waals surface area (Å²) in [4.78, 5) is 16.0. The molecule has 2 aromatic rings. The largest absolute Gasteiger partial charge is 0.320 e. The second-order valence-electron chi connectivity index (χ2n) is 3.63. The van der Waals surface area contributed by atoms with Crippen LogP contribution in [0.25, 0.3) is 0 Å². The molecule has 0 aliphatic rings. The maximum Gasteiger partial charge on any atom is 0.274 e. The molecule has 1 aromatic heterocycles. The van der Waals surface area contributed by atoms with E-state index in [1.165, 1.54) is 18.2 Å². The second-order valence-corrected chi connectivity index (χ2v) is 4.49. The number of hydrogen-bond acceptors (Lipinski definition) is 4. The van der Waals surface area contributed by atoms with E-state index in [1.54, 1.807) is 18.2 Å². The zero-order valence-corrected chi connectivity index (χ0v) is 11.2. The van der Waals surface area contributed by atoms with E-state index in [1.807, 2.05) is 0 Å². The minimum atomic E-state index is -0.413. The van der Waals surface area contributed by atoms with Gasteiger partial charge >= 0.3 is 0 Å². The molecule has 0 bridgehead atoms. The molecule has 1 aromatic carbocycles. The Hall–Kier alpha value is -1.99. The first-order valence-electron chi connectivity index (χ1n) is 5.30. The first-order chi connectivity index (χ1) is 9.10. The number of nitrogen functional groups attached to an aromatic ring is 1. The van der Waals surface area contributed by atoms with Crippen molar-refractivity contribution in [2.45, 2.75) is 0 Å². The summed E-state index contributed by atoms with van der Waals surface area (Å²) in [6.45, 7) is 0. The number of hydrogen-bond donors (Lipinski definition) is 3. The third-order valence-corrected chi connectivity index (χ3v) is 2.97. The van der Waals surface area contributed by atoms with E-state index in [2.05, 4.69) is 31.7 Å². The predicted molar refractivity (Wildman–Crippen MR) is 74.1 cm³/mol. The zero-order valence-electron chi connectivity index (χ0n) is 9.65. The third kappa shape index (κ3) is 3.27. The lowest BCUT2D eigenvalue weighted by atomic mass is 10.3. The minimum Gasteiger partial charge on any atom is -0.320 e. The topological polar surface area (TPSA) is 80.0 Å². The molecule has 0 atom stereocenters. The van der Waals surface area contributed by atoms with Crippen molar-refractivity contribution < 1.29 is 9.18 Å². The van der Waals surface area contributed by atoms with E-state index in [0.717, 1.165) is 0 Å². The molecule has 2 rings (SSSR count). The van der Waals surface area contributed by atoms with Crippen LogP contribution in [-0.2, 0) is 0 Å². The fraction of sp³-hybridized carbons (Fsp3) is 0. The first-order valence-corrected chi connectivity index (χ1v) is 6.09. The fourth-order valence-electron chi connectivity index (χ4n) is 1.42. The SMILES string of the molecule is NNc1cccc(C(=O)Nc2ccc(F)cc2Br)n1. The second kappa shape index (κ2) is 5.77. The average Bonchev–Trinajstić information content (AvgIpc) is 2.42. The molecular formula is C12H10BrFN4O. The van der Waals surface area contributed by atoms with Gasteiger partial charge in [0.1, 0.15) is 17.3 Å². The van der Waals surface area contributed by atoms with E-state index < -0.39 is 11.7 Å². The number of nitrogens with zero attached hydrogens (tertiary/aromatic N) is 1. The highest BCUT2D eigenvalue weighted by molar-refractivity contribution is 9.10. The van der Waals surface area contributed by atoms with Gasteiger partial charge in [0.05, 0.1) is 5.69 Å². The van der Waals surface area contributed by atoms with Crippen molar-refractivity contribution in [3.63, 3.8) is 0 Å². The Kier molecular flexibility index (Phi) is 4.08. The van der Waals surface area contributed by atoms with Gasteiger partial charge in [-0.3, -0.25) is 4.79 Å². The monoisotopic (exact) mass is 324 g/mol. The van der Waals surface area contributed by atoms with Gasteiger partial charge in [-0.2, -0.15) is 0 Å². The summed E-state index contributed by atoms with van der Waals surface area (Å²) in [5.41, 5.74) is 3.01. The van der Waals surface area contributed by atoms with Crippen LogP contribution in [0.15, 0.2) is 40.9 Å². The van der Waals surface area contributed by atoms with Crippen molar-refractivity contribution in [2.24, 2.45) is 5.84 Å². The van der Waals surface area contributed by atoms with Gasteiger partial charge in [0.25, 0.3) is 5.91 Å². The van der Waals surface area contributed by atoms with Crippen LogP contribution in [0.2, 0.25) is 0 Å². The molecule has 0 radical (unpaired) electrons. The van der Waals surface area contributed by atoms with Crippen molar-refractivity contribution >= 4 is 33.3 Å². The summed E-state index contributed by atoms with van der Waals surface area (Å²) in [7, 11) is 0. The number of amides is 1. The molecule has 0 aliphatic carbocycles. The number of halogens is 2. The number of anilines is 2. The van der Waals surface area contributed by atoms with Gasteiger partial charge in [0, 0.05) is 4.47 Å². The third-order valence-electron chi connectivity index (χ3n) is 2.31. The lowest BCUT2D eigenvalue weighted by Gasteiger charge is -2.07. The van der Waals surface area contributed by atoms with Gasteiger partial charge < -0.3 is 10.7 Å². The number of rotatable bonds is 3. The summed E-state index contributed by atoms with van der Waals surface area (Å²) < 4.78 is 13.4. The molecule has 5 nitrogen and oxygen atoms in total. The maximum absolute atomic E-state index is 12.9. The Morgan fingerprint density at radius 2 is 2.11 bits per heavy atom. The van der Waals surface area contributed by atoms with Crippen molar-refractivity contribution in [1.82, 2.24) is 4.98 Å². The number of nitrogens with one attached hydrogen (secondary N) is 2. The average molecular weight is 325 g/mol. The van der Waals surface area contributed by atoms with Gasteiger partial charge in [-0.1, -0.05) is 6.07 Å². The van der Waals surface area contributed by atoms with Crippen LogP contribution in [-0.4, -0.2) is 10.9 Å². The molecule has 7 heteroatoms. The standard InChI is InChI=1S/C12H10BrFN4O/c13-8-6-7(14)4-5-9(8)17-12(19)10-2-1-3-11(16-10)18-15/h1-6H,15H2,(H,16,18)(H,17,19). The molecular weight excluding hydrogens is 315 g/mol. The molecule has 98 valence electrons. The lowest BCUT2D eigenvalue weighted by Crippen LogP contribution is -2.16. The molecule has 4 N–H and O–H groups in total. The number of hydrazine groups is 1. The normalized spacial score (nSPS) is 10.1. The number of benzene rings is 1. The summed E-state index contributed by atoms with van der Waals surface area (Å²) >= 11 is 3.17. The highest BCUT2D eigenvalue weighted by atomic mass is 79.9. The Morgan fingerprint density at radius 1 is 1.32 bits per heavy atom. The maximum atomic E-state index is 12.9. The van der Waals surface area contributed by atoms with Crippen LogP contribution < -0.4 is 16.6 Å². The molecule has 0 fully saturated rings. The summed E-state index contributed by atoms with van der Waals surface area (Å²) in [5, 5.41) is 2.62. The van der Waals surface area contributed by atoms with Crippen LogP contribution in [0, 0.1) is 5.82 Å². The van der Waals surface area contributed by atoms with Crippen LogP contribution in [0.4, 0.5) is 15.9 Å². The van der Waals surface area contributed by atoms with E-state index in [4.69, 9.17) is 5.84 Å². The van der Waals surface area contributed by atoms with E-state index in [9.17, 15) is 9.18 Å². The molecule has 0 aliphatic heterocycles. The molecule has 0 saturated heterocycles. The van der Waals surface area contributed by atoms with Gasteiger partial charge in [-0.05, 0) is 46.3 Å². The first kappa shape index (κ1) is 13.4. The summed E-state index contributed by atoms with van der Waals surface area (Å²) in [6, 6.07) is 8.81. The fourth-order valence-corrected chi connectivity index (χ4v) is 1.87. The summed E-state index contributed by atoms with van der Waals surface area (Å²) in [6.07, 6.45) is 0. The Balaban J connectivity index is 2.20. The van der Waals surface area contributed by atoms with E-state index in [-0.39, 0.29) is 5.69 Å². The highest BCUT2D eigenvalue weighted by Crippen LogP contribution is 2.23. The Labute approximate surface area is 117 Å². The van der Waals surface area contributed by atoms with Crippen LogP contribution in [0.3, 0.4) is 0 Å². The van der Waals surface area contributed by atoms with Gasteiger partial charge in [0.2, 0.25) is 0 Å². The van der Waals surface area contributed by atoms with Crippen LogP contribution in [0.1, 0.15) is 10.5 Å². The molecule has 1 heterocycles. The minimum absolute atomic E-state index is 0.201. The highest BCUT2D eigenvalue weighted by Gasteiger charge is 2.10. The number of nitrogens with two attached hydrogens (primary N) is 1. The number of pyridine rings is 1.